The Labute approximate surface area is 112 Å². The Kier molecular flexibility index (Phi) is 5.15. The third-order valence-electron chi connectivity index (χ3n) is 3.03. The first kappa shape index (κ1) is 14.3. The highest BCUT2D eigenvalue weighted by Gasteiger charge is 2.29. The minimum absolute atomic E-state index is 0.0465. The van der Waals surface area contributed by atoms with Gasteiger partial charge in [-0.05, 0) is 6.42 Å². The van der Waals surface area contributed by atoms with Crippen molar-refractivity contribution in [3.05, 3.63) is 0 Å². The molecule has 0 aliphatic carbocycles. The van der Waals surface area contributed by atoms with Crippen LogP contribution >= 0.6 is 0 Å². The quantitative estimate of drug-likeness (QED) is 0.453. The first-order valence-electron chi connectivity index (χ1n) is 6.74. The molecule has 2 saturated heterocycles. The molecule has 6 heteroatoms. The molecule has 2 rings (SSSR count). The van der Waals surface area contributed by atoms with E-state index in [1.54, 1.807) is 0 Å². The average Bonchev–Trinajstić information content (AvgIpc) is 3.27. The van der Waals surface area contributed by atoms with Crippen molar-refractivity contribution in [2.24, 2.45) is 5.92 Å². The summed E-state index contributed by atoms with van der Waals surface area (Å²) in [6, 6.07) is 0. The first-order valence-corrected chi connectivity index (χ1v) is 6.74. The van der Waals surface area contributed by atoms with Gasteiger partial charge in [-0.3, -0.25) is 9.59 Å². The molecule has 2 aliphatic heterocycles. The molecule has 19 heavy (non-hydrogen) atoms. The van der Waals surface area contributed by atoms with Gasteiger partial charge < -0.3 is 18.9 Å². The molecule has 2 aliphatic rings. The summed E-state index contributed by atoms with van der Waals surface area (Å²) >= 11 is 0. The number of hydrogen-bond acceptors (Lipinski definition) is 6. The molecule has 3 unspecified atom stereocenters. The molecule has 0 bridgehead atoms. The normalized spacial score (nSPS) is 25.5. The van der Waals surface area contributed by atoms with Crippen molar-refractivity contribution in [3.63, 3.8) is 0 Å². The molecule has 0 N–H and O–H groups in total. The molecule has 0 saturated carbocycles. The smallest absolute Gasteiger partial charge is 0.309 e. The SMILES string of the molecule is CCCC(CC(=O)OCC1CO1)C(=O)OCC1CO1. The fourth-order valence-corrected chi connectivity index (χ4v) is 1.72. The summed E-state index contributed by atoms with van der Waals surface area (Å²) in [6.45, 7) is 3.82. The van der Waals surface area contributed by atoms with Crippen molar-refractivity contribution in [1.29, 1.82) is 0 Å². The molecule has 0 aromatic rings. The molecular weight excluding hydrogens is 252 g/mol. The van der Waals surface area contributed by atoms with Gasteiger partial charge in [0.1, 0.15) is 25.4 Å². The second kappa shape index (κ2) is 6.86. The summed E-state index contributed by atoms with van der Waals surface area (Å²) in [5.74, 6) is -1.12. The van der Waals surface area contributed by atoms with Gasteiger partial charge in [-0.15, -0.1) is 0 Å². The Hall–Kier alpha value is -1.14. The van der Waals surface area contributed by atoms with Crippen molar-refractivity contribution in [2.75, 3.05) is 26.4 Å². The van der Waals surface area contributed by atoms with Crippen molar-refractivity contribution in [2.45, 2.75) is 38.4 Å². The van der Waals surface area contributed by atoms with Crippen molar-refractivity contribution < 1.29 is 28.5 Å². The van der Waals surface area contributed by atoms with Gasteiger partial charge in [-0.25, -0.2) is 0 Å². The Balaban J connectivity index is 1.68. The Bertz CT molecular complexity index is 321. The van der Waals surface area contributed by atoms with Crippen LogP contribution in [-0.4, -0.2) is 50.6 Å². The lowest BCUT2D eigenvalue weighted by atomic mass is 10.0. The highest BCUT2D eigenvalue weighted by atomic mass is 16.6. The summed E-state index contributed by atoms with van der Waals surface area (Å²) in [7, 11) is 0. The van der Waals surface area contributed by atoms with E-state index in [2.05, 4.69) is 0 Å². The van der Waals surface area contributed by atoms with Gasteiger partial charge in [-0.2, -0.15) is 0 Å². The topological polar surface area (TPSA) is 77.7 Å². The predicted octanol–water partition coefficient (Wildman–Crippen LogP) is 0.677. The van der Waals surface area contributed by atoms with Crippen LogP contribution in [0.25, 0.3) is 0 Å². The van der Waals surface area contributed by atoms with E-state index < -0.39 is 5.92 Å². The highest BCUT2D eigenvalue weighted by Crippen LogP contribution is 2.17. The molecule has 0 aromatic carbocycles. The Morgan fingerprint density at radius 1 is 1.16 bits per heavy atom. The standard InChI is InChI=1S/C13H20O6/c1-2-3-9(13(15)19-8-11-6-17-11)4-12(14)18-7-10-5-16-10/h9-11H,2-8H2,1H3. The van der Waals surface area contributed by atoms with Crippen molar-refractivity contribution >= 4 is 11.9 Å². The number of epoxide rings is 2. The van der Waals surface area contributed by atoms with E-state index in [0.29, 0.717) is 19.6 Å². The first-order chi connectivity index (χ1) is 9.19. The summed E-state index contributed by atoms with van der Waals surface area (Å²) in [5.41, 5.74) is 0. The Morgan fingerprint density at radius 2 is 1.74 bits per heavy atom. The number of carbonyl (C=O) groups excluding carboxylic acids is 2. The summed E-state index contributed by atoms with van der Waals surface area (Å²) in [6.07, 6.45) is 1.61. The van der Waals surface area contributed by atoms with Crippen LogP contribution in [0.15, 0.2) is 0 Å². The zero-order valence-corrected chi connectivity index (χ0v) is 11.1. The molecule has 3 atom stereocenters. The lowest BCUT2D eigenvalue weighted by Crippen LogP contribution is -2.24. The van der Waals surface area contributed by atoms with Gasteiger partial charge in [0, 0.05) is 0 Å². The minimum atomic E-state index is -0.420. The largest absolute Gasteiger partial charge is 0.463 e. The summed E-state index contributed by atoms with van der Waals surface area (Å²) < 4.78 is 20.1. The van der Waals surface area contributed by atoms with Crippen LogP contribution < -0.4 is 0 Å². The monoisotopic (exact) mass is 272 g/mol. The Morgan fingerprint density at radius 3 is 2.26 bits per heavy atom. The van der Waals surface area contributed by atoms with Crippen molar-refractivity contribution in [1.82, 2.24) is 0 Å². The number of ether oxygens (including phenoxy) is 4. The molecule has 0 spiro atoms. The van der Waals surface area contributed by atoms with E-state index >= 15 is 0 Å². The molecule has 2 fully saturated rings. The molecule has 0 aromatic heterocycles. The van der Waals surface area contributed by atoms with E-state index in [9.17, 15) is 9.59 Å². The van der Waals surface area contributed by atoms with Gasteiger partial charge >= 0.3 is 11.9 Å². The molecule has 0 amide bonds. The van der Waals surface area contributed by atoms with Gasteiger partial charge in [0.05, 0.1) is 25.6 Å². The van der Waals surface area contributed by atoms with Crippen LogP contribution in [-0.2, 0) is 28.5 Å². The average molecular weight is 272 g/mol. The maximum atomic E-state index is 11.8. The number of hydrogen-bond donors (Lipinski definition) is 0. The molecule has 2 heterocycles. The second-order valence-corrected chi connectivity index (χ2v) is 4.91. The lowest BCUT2D eigenvalue weighted by Gasteiger charge is -2.14. The maximum absolute atomic E-state index is 11.8. The van der Waals surface area contributed by atoms with Crippen LogP contribution in [0.5, 0.6) is 0 Å². The van der Waals surface area contributed by atoms with Crippen LogP contribution in [0, 0.1) is 5.92 Å². The summed E-state index contributed by atoms with van der Waals surface area (Å²) in [5, 5.41) is 0. The minimum Gasteiger partial charge on any atom is -0.463 e. The number of rotatable bonds is 9. The van der Waals surface area contributed by atoms with Gasteiger partial charge in [-0.1, -0.05) is 13.3 Å². The lowest BCUT2D eigenvalue weighted by molar-refractivity contribution is -0.156. The van der Waals surface area contributed by atoms with Crippen LogP contribution in [0.2, 0.25) is 0 Å². The highest BCUT2D eigenvalue weighted by molar-refractivity contribution is 5.80. The fraction of sp³-hybridized carbons (Fsp3) is 0.846. The van der Waals surface area contributed by atoms with Gasteiger partial charge in [0.15, 0.2) is 0 Å². The fourth-order valence-electron chi connectivity index (χ4n) is 1.72. The van der Waals surface area contributed by atoms with Crippen LogP contribution in [0.4, 0.5) is 0 Å². The zero-order chi connectivity index (χ0) is 13.7. The third kappa shape index (κ3) is 5.57. The van der Waals surface area contributed by atoms with Crippen LogP contribution in [0.1, 0.15) is 26.2 Å². The van der Waals surface area contributed by atoms with Gasteiger partial charge in [0.2, 0.25) is 0 Å². The van der Waals surface area contributed by atoms with Crippen molar-refractivity contribution in [3.8, 4) is 0 Å². The van der Waals surface area contributed by atoms with Gasteiger partial charge in [0.25, 0.3) is 0 Å². The molecule has 6 nitrogen and oxygen atoms in total. The van der Waals surface area contributed by atoms with E-state index in [0.717, 1.165) is 6.42 Å². The second-order valence-electron chi connectivity index (χ2n) is 4.91. The third-order valence-corrected chi connectivity index (χ3v) is 3.03. The maximum Gasteiger partial charge on any atom is 0.309 e. The molecule has 108 valence electrons. The number of esters is 2. The predicted molar refractivity (Wildman–Crippen MR) is 64.4 cm³/mol. The number of carbonyl (C=O) groups is 2. The van der Waals surface area contributed by atoms with E-state index in [1.165, 1.54) is 0 Å². The zero-order valence-electron chi connectivity index (χ0n) is 11.1. The van der Waals surface area contributed by atoms with E-state index in [1.807, 2.05) is 6.92 Å². The van der Waals surface area contributed by atoms with E-state index in [4.69, 9.17) is 18.9 Å². The molecule has 0 radical (unpaired) electrons. The summed E-state index contributed by atoms with van der Waals surface area (Å²) in [4.78, 5) is 23.4. The molecular formula is C13H20O6. The van der Waals surface area contributed by atoms with E-state index in [-0.39, 0.29) is 43.8 Å². The van der Waals surface area contributed by atoms with Crippen LogP contribution in [0.3, 0.4) is 0 Å².